The molecule has 1 aliphatic rings. The molecule has 6 nitrogen and oxygen atoms in total. The predicted octanol–water partition coefficient (Wildman–Crippen LogP) is 2.84. The molecule has 0 spiro atoms. The van der Waals surface area contributed by atoms with E-state index in [-0.39, 0.29) is 17.9 Å². The van der Waals surface area contributed by atoms with Crippen LogP contribution in [0.2, 0.25) is 0 Å². The first-order valence-corrected chi connectivity index (χ1v) is 7.57. The smallest absolute Gasteiger partial charge is 0.235 e. The van der Waals surface area contributed by atoms with Gasteiger partial charge in [-0.1, -0.05) is 12.1 Å². The fraction of sp³-hybridized carbons (Fsp3) is 0.412. The number of morpholine rings is 1. The highest BCUT2D eigenvalue weighted by molar-refractivity contribution is 5.65. The van der Waals surface area contributed by atoms with Gasteiger partial charge in [-0.3, -0.25) is 0 Å². The second-order valence-corrected chi connectivity index (χ2v) is 5.65. The molecule has 3 rings (SSSR count). The van der Waals surface area contributed by atoms with E-state index >= 15 is 0 Å². The summed E-state index contributed by atoms with van der Waals surface area (Å²) < 4.78 is 17.0. The molecule has 0 aliphatic carbocycles. The van der Waals surface area contributed by atoms with Crippen molar-refractivity contribution in [2.24, 2.45) is 0 Å². The van der Waals surface area contributed by atoms with Crippen molar-refractivity contribution in [3.8, 4) is 23.3 Å². The maximum Gasteiger partial charge on any atom is 0.235 e. The topological polar surface area (TPSA) is 71.5 Å². The minimum absolute atomic E-state index is 0.0742. The van der Waals surface area contributed by atoms with E-state index in [9.17, 15) is 5.26 Å². The van der Waals surface area contributed by atoms with Crippen molar-refractivity contribution in [3.05, 3.63) is 30.0 Å². The number of nitriles is 1. The number of para-hydroxylation sites is 1. The lowest BCUT2D eigenvalue weighted by Gasteiger charge is -2.34. The van der Waals surface area contributed by atoms with Crippen LogP contribution in [0.1, 0.15) is 19.5 Å². The van der Waals surface area contributed by atoms with Crippen LogP contribution in [0.3, 0.4) is 0 Å². The van der Waals surface area contributed by atoms with Crippen LogP contribution in [-0.2, 0) is 4.74 Å². The summed E-state index contributed by atoms with van der Waals surface area (Å²) in [7, 11) is 1.60. The normalized spacial score (nSPS) is 21.0. The van der Waals surface area contributed by atoms with Crippen molar-refractivity contribution in [2.75, 3.05) is 25.1 Å². The van der Waals surface area contributed by atoms with Gasteiger partial charge < -0.3 is 18.8 Å². The minimum atomic E-state index is 0.0742. The van der Waals surface area contributed by atoms with Crippen molar-refractivity contribution < 1.29 is 13.9 Å². The Morgan fingerprint density at radius 2 is 1.96 bits per heavy atom. The van der Waals surface area contributed by atoms with Gasteiger partial charge in [0, 0.05) is 13.1 Å². The van der Waals surface area contributed by atoms with E-state index in [0.717, 1.165) is 5.56 Å². The summed E-state index contributed by atoms with van der Waals surface area (Å²) in [5, 5.41) is 9.41. The van der Waals surface area contributed by atoms with Gasteiger partial charge in [-0.05, 0) is 26.0 Å². The monoisotopic (exact) mass is 313 g/mol. The molecule has 0 bridgehead atoms. The number of hydrogen-bond acceptors (Lipinski definition) is 6. The number of hydrogen-bond donors (Lipinski definition) is 0. The quantitative estimate of drug-likeness (QED) is 0.867. The van der Waals surface area contributed by atoms with Crippen molar-refractivity contribution in [1.29, 1.82) is 5.26 Å². The van der Waals surface area contributed by atoms with Crippen molar-refractivity contribution in [3.63, 3.8) is 0 Å². The molecule has 0 radical (unpaired) electrons. The molecule has 0 amide bonds. The number of ether oxygens (including phenoxy) is 2. The Bertz CT molecular complexity index is 725. The first kappa shape index (κ1) is 15.4. The standard InChI is InChI=1S/C17H19N3O3/c1-11-9-20(10-12(2)22-11)17-14(8-18)19-16(23-17)13-6-4-5-7-15(13)21-3/h4-7,11-12H,9-10H2,1-3H3/t11-,12-/m0/s1. The van der Waals surface area contributed by atoms with E-state index in [2.05, 4.69) is 11.1 Å². The van der Waals surface area contributed by atoms with Crippen LogP contribution in [0.4, 0.5) is 5.88 Å². The first-order valence-electron chi connectivity index (χ1n) is 7.57. The number of oxazole rings is 1. The molecule has 6 heteroatoms. The second-order valence-electron chi connectivity index (χ2n) is 5.65. The molecule has 2 aromatic rings. The summed E-state index contributed by atoms with van der Waals surface area (Å²) in [5.41, 5.74) is 1.01. The molecule has 1 aliphatic heterocycles. The van der Waals surface area contributed by atoms with E-state index in [1.165, 1.54) is 0 Å². The van der Waals surface area contributed by atoms with Crippen LogP contribution in [0.5, 0.6) is 5.75 Å². The van der Waals surface area contributed by atoms with Gasteiger partial charge in [0.1, 0.15) is 11.8 Å². The maximum absolute atomic E-state index is 9.41. The van der Waals surface area contributed by atoms with Gasteiger partial charge in [0.05, 0.1) is 24.9 Å². The summed E-state index contributed by atoms with van der Waals surface area (Å²) in [6.07, 6.45) is 0.148. The predicted molar refractivity (Wildman–Crippen MR) is 85.4 cm³/mol. The molecule has 120 valence electrons. The fourth-order valence-electron chi connectivity index (χ4n) is 2.88. The highest BCUT2D eigenvalue weighted by atomic mass is 16.5. The summed E-state index contributed by atoms with van der Waals surface area (Å²) in [5.74, 6) is 1.55. The van der Waals surface area contributed by atoms with Gasteiger partial charge in [-0.15, -0.1) is 0 Å². The molecule has 2 atom stereocenters. The Morgan fingerprint density at radius 1 is 1.26 bits per heavy atom. The highest BCUT2D eigenvalue weighted by Crippen LogP contribution is 2.34. The van der Waals surface area contributed by atoms with Crippen LogP contribution >= 0.6 is 0 Å². The van der Waals surface area contributed by atoms with Gasteiger partial charge in [-0.2, -0.15) is 10.2 Å². The van der Waals surface area contributed by atoms with Gasteiger partial charge in [0.2, 0.25) is 17.5 Å². The van der Waals surface area contributed by atoms with Gasteiger partial charge in [0.15, 0.2) is 0 Å². The largest absolute Gasteiger partial charge is 0.496 e. The lowest BCUT2D eigenvalue weighted by atomic mass is 10.2. The minimum Gasteiger partial charge on any atom is -0.496 e. The van der Waals surface area contributed by atoms with Gasteiger partial charge in [-0.25, -0.2) is 0 Å². The molecule has 0 saturated carbocycles. The molecule has 1 saturated heterocycles. The van der Waals surface area contributed by atoms with Crippen LogP contribution in [0.25, 0.3) is 11.5 Å². The number of benzene rings is 1. The maximum atomic E-state index is 9.41. The van der Waals surface area contributed by atoms with Gasteiger partial charge in [0.25, 0.3) is 0 Å². The van der Waals surface area contributed by atoms with Gasteiger partial charge >= 0.3 is 0 Å². The Labute approximate surface area is 135 Å². The number of anilines is 1. The summed E-state index contributed by atoms with van der Waals surface area (Å²) in [4.78, 5) is 6.36. The molecule has 0 N–H and O–H groups in total. The Hall–Kier alpha value is -2.52. The average Bonchev–Trinajstić information content (AvgIpc) is 2.98. The molecule has 1 fully saturated rings. The number of nitrogens with zero attached hydrogens (tertiary/aromatic N) is 3. The van der Waals surface area contributed by atoms with E-state index in [1.54, 1.807) is 7.11 Å². The first-order chi connectivity index (χ1) is 11.1. The van der Waals surface area contributed by atoms with E-state index in [1.807, 2.05) is 43.0 Å². The summed E-state index contributed by atoms with van der Waals surface area (Å²) in [6, 6.07) is 9.58. The van der Waals surface area contributed by atoms with E-state index < -0.39 is 0 Å². The van der Waals surface area contributed by atoms with Crippen molar-refractivity contribution >= 4 is 5.88 Å². The van der Waals surface area contributed by atoms with Crippen LogP contribution in [0.15, 0.2) is 28.7 Å². The van der Waals surface area contributed by atoms with Crippen molar-refractivity contribution in [2.45, 2.75) is 26.1 Å². The van der Waals surface area contributed by atoms with Crippen molar-refractivity contribution in [1.82, 2.24) is 4.98 Å². The summed E-state index contributed by atoms with van der Waals surface area (Å²) >= 11 is 0. The molecule has 23 heavy (non-hydrogen) atoms. The molecule has 1 aromatic carbocycles. The Kier molecular flexibility index (Phi) is 4.22. The van der Waals surface area contributed by atoms with E-state index in [0.29, 0.717) is 30.6 Å². The number of aromatic nitrogens is 1. The fourth-order valence-corrected chi connectivity index (χ4v) is 2.88. The van der Waals surface area contributed by atoms with Crippen LogP contribution < -0.4 is 9.64 Å². The number of methoxy groups -OCH3 is 1. The SMILES string of the molecule is COc1ccccc1-c1nc(C#N)c(N2C[C@H](C)O[C@@H](C)C2)o1. The second kappa shape index (κ2) is 6.31. The average molecular weight is 313 g/mol. The highest BCUT2D eigenvalue weighted by Gasteiger charge is 2.28. The molecular weight excluding hydrogens is 294 g/mol. The zero-order valence-corrected chi connectivity index (χ0v) is 13.4. The lowest BCUT2D eigenvalue weighted by Crippen LogP contribution is -2.45. The Morgan fingerprint density at radius 3 is 2.61 bits per heavy atom. The lowest BCUT2D eigenvalue weighted by molar-refractivity contribution is -0.00638. The van der Waals surface area contributed by atoms with E-state index in [4.69, 9.17) is 13.9 Å². The third kappa shape index (κ3) is 3.01. The molecule has 0 unspecified atom stereocenters. The van der Waals surface area contributed by atoms with Crippen LogP contribution in [0, 0.1) is 11.3 Å². The summed E-state index contributed by atoms with van der Waals surface area (Å²) in [6.45, 7) is 5.34. The Balaban J connectivity index is 2.00. The molecular formula is C17H19N3O3. The molecule has 2 heterocycles. The van der Waals surface area contributed by atoms with Crippen LogP contribution in [-0.4, -0.2) is 37.4 Å². The zero-order chi connectivity index (χ0) is 16.4. The molecule has 1 aromatic heterocycles. The third-order valence-electron chi connectivity index (χ3n) is 3.76. The third-order valence-corrected chi connectivity index (χ3v) is 3.76. The zero-order valence-electron chi connectivity index (χ0n) is 13.4. The number of rotatable bonds is 3.